The molecule has 1 aliphatic rings. The maximum atomic E-state index is 13.1. The molecule has 7 heteroatoms. The van der Waals surface area contributed by atoms with Gasteiger partial charge in [0.1, 0.15) is 29.7 Å². The van der Waals surface area contributed by atoms with Crippen molar-refractivity contribution in [1.29, 1.82) is 0 Å². The highest BCUT2D eigenvalue weighted by Crippen LogP contribution is 2.26. The highest BCUT2D eigenvalue weighted by Gasteiger charge is 2.24. The molecule has 0 spiro atoms. The van der Waals surface area contributed by atoms with Crippen molar-refractivity contribution < 1.29 is 13.9 Å². The molecule has 162 valence electrons. The van der Waals surface area contributed by atoms with Gasteiger partial charge < -0.3 is 9.64 Å². The van der Waals surface area contributed by atoms with E-state index in [2.05, 4.69) is 10.1 Å². The van der Waals surface area contributed by atoms with Crippen LogP contribution < -0.4 is 4.74 Å². The second kappa shape index (κ2) is 8.78. The first kappa shape index (κ1) is 20.2. The number of amides is 1. The minimum atomic E-state index is -0.277. The molecule has 0 atom stereocenters. The van der Waals surface area contributed by atoms with Crippen LogP contribution in [0, 0.1) is 5.82 Å². The summed E-state index contributed by atoms with van der Waals surface area (Å²) in [5.74, 6) is 0.544. The quantitative estimate of drug-likeness (QED) is 0.474. The summed E-state index contributed by atoms with van der Waals surface area (Å²) in [6.45, 7) is 1.47. The lowest BCUT2D eigenvalue weighted by Gasteiger charge is -2.32. The molecule has 6 nitrogen and oxygen atoms in total. The fraction of sp³-hybridized carbons (Fsp3) is 0.240. The van der Waals surface area contributed by atoms with Crippen LogP contribution in [-0.4, -0.2) is 44.8 Å². The average molecular weight is 430 g/mol. The van der Waals surface area contributed by atoms with E-state index in [-0.39, 0.29) is 24.4 Å². The van der Waals surface area contributed by atoms with Gasteiger partial charge in [0.25, 0.3) is 0 Å². The Morgan fingerprint density at radius 2 is 1.81 bits per heavy atom. The van der Waals surface area contributed by atoms with Crippen LogP contribution >= 0.6 is 0 Å². The maximum absolute atomic E-state index is 13.1. The highest BCUT2D eigenvalue weighted by molar-refractivity contribution is 5.84. The number of rotatable bonds is 5. The fourth-order valence-electron chi connectivity index (χ4n) is 4.05. The lowest BCUT2D eigenvalue weighted by Crippen LogP contribution is -2.43. The molecule has 0 aliphatic carbocycles. The third kappa shape index (κ3) is 4.32. The van der Waals surface area contributed by atoms with Crippen molar-refractivity contribution in [2.75, 3.05) is 13.1 Å². The number of likely N-dealkylation sites (tertiary alicyclic amines) is 1. The van der Waals surface area contributed by atoms with Gasteiger partial charge in [-0.15, -0.1) is 0 Å². The Morgan fingerprint density at radius 3 is 2.62 bits per heavy atom. The molecule has 0 radical (unpaired) electrons. The van der Waals surface area contributed by atoms with Gasteiger partial charge in [-0.2, -0.15) is 5.10 Å². The van der Waals surface area contributed by atoms with Crippen molar-refractivity contribution in [3.63, 3.8) is 0 Å². The zero-order chi connectivity index (χ0) is 21.9. The van der Waals surface area contributed by atoms with Crippen LogP contribution in [0.4, 0.5) is 4.39 Å². The third-order valence-corrected chi connectivity index (χ3v) is 5.79. The first-order chi connectivity index (χ1) is 15.7. The number of nitrogens with zero attached hydrogens (tertiary/aromatic N) is 4. The van der Waals surface area contributed by atoms with E-state index in [9.17, 15) is 9.18 Å². The van der Waals surface area contributed by atoms with Crippen LogP contribution in [-0.2, 0) is 11.3 Å². The van der Waals surface area contributed by atoms with E-state index < -0.39 is 0 Å². The molecular weight excluding hydrogens is 407 g/mol. The van der Waals surface area contributed by atoms with Crippen molar-refractivity contribution >= 4 is 16.8 Å². The number of piperidine rings is 1. The van der Waals surface area contributed by atoms with Crippen molar-refractivity contribution in [2.24, 2.45) is 0 Å². The minimum absolute atomic E-state index is 0.0315. The Labute approximate surface area is 185 Å². The number of benzene rings is 2. The summed E-state index contributed by atoms with van der Waals surface area (Å²) in [5.41, 5.74) is 2.59. The van der Waals surface area contributed by atoms with Gasteiger partial charge in [-0.25, -0.2) is 4.39 Å². The van der Waals surface area contributed by atoms with Crippen molar-refractivity contribution in [1.82, 2.24) is 19.7 Å². The zero-order valence-corrected chi connectivity index (χ0v) is 17.5. The fourth-order valence-corrected chi connectivity index (χ4v) is 4.05. The monoisotopic (exact) mass is 430 g/mol. The number of pyridine rings is 1. The Morgan fingerprint density at radius 1 is 1.03 bits per heavy atom. The van der Waals surface area contributed by atoms with Crippen LogP contribution in [0.15, 0.2) is 73.2 Å². The molecule has 5 rings (SSSR count). The minimum Gasteiger partial charge on any atom is -0.488 e. The molecule has 0 N–H and O–H groups in total. The lowest BCUT2D eigenvalue weighted by molar-refractivity contribution is -0.133. The number of ether oxygens (including phenoxy) is 1. The molecule has 0 bridgehead atoms. The summed E-state index contributed by atoms with van der Waals surface area (Å²) in [5, 5.41) is 5.35. The number of carbonyl (C=O) groups is 1. The number of hydrogen-bond acceptors (Lipinski definition) is 4. The van der Waals surface area contributed by atoms with Crippen molar-refractivity contribution in [2.45, 2.75) is 25.5 Å². The van der Waals surface area contributed by atoms with Gasteiger partial charge in [-0.1, -0.05) is 30.3 Å². The van der Waals surface area contributed by atoms with Crippen LogP contribution in [0.2, 0.25) is 0 Å². The highest BCUT2D eigenvalue weighted by atomic mass is 19.1. The lowest BCUT2D eigenvalue weighted by atomic mass is 10.1. The van der Waals surface area contributed by atoms with Gasteiger partial charge in [0.15, 0.2) is 0 Å². The number of fused-ring (bicyclic) bond motifs is 1. The summed E-state index contributed by atoms with van der Waals surface area (Å²) in [7, 11) is 0. The standard InChI is InChI=1S/C25H23FN4O2/c26-21-8-6-18(7-9-21)20-15-28-30(16-20)17-24(31)29-13-10-22(11-14-29)32-23-5-1-3-19-4-2-12-27-25(19)23/h1-9,12,15-16,22H,10-11,13-14,17H2. The van der Waals surface area contributed by atoms with E-state index in [0.29, 0.717) is 13.1 Å². The van der Waals surface area contributed by atoms with Crippen LogP contribution in [0.25, 0.3) is 22.0 Å². The summed E-state index contributed by atoms with van der Waals surface area (Å²) in [6.07, 6.45) is 6.88. The van der Waals surface area contributed by atoms with Crippen LogP contribution in [0.1, 0.15) is 12.8 Å². The van der Waals surface area contributed by atoms with E-state index in [4.69, 9.17) is 4.74 Å². The number of para-hydroxylation sites is 1. The van der Waals surface area contributed by atoms with E-state index in [1.54, 1.807) is 29.2 Å². The Bertz CT molecular complexity index is 1220. The average Bonchev–Trinajstić information content (AvgIpc) is 3.29. The van der Waals surface area contributed by atoms with Gasteiger partial charge in [0.2, 0.25) is 5.91 Å². The van der Waals surface area contributed by atoms with Gasteiger partial charge in [-0.3, -0.25) is 14.5 Å². The normalized spacial score (nSPS) is 14.6. The van der Waals surface area contributed by atoms with Crippen LogP contribution in [0.5, 0.6) is 5.75 Å². The van der Waals surface area contributed by atoms with E-state index in [1.807, 2.05) is 41.4 Å². The first-order valence-corrected chi connectivity index (χ1v) is 10.7. The molecule has 2 aromatic carbocycles. The summed E-state index contributed by atoms with van der Waals surface area (Å²) < 4.78 is 21.0. The molecule has 1 fully saturated rings. The molecule has 4 aromatic rings. The smallest absolute Gasteiger partial charge is 0.244 e. The Kier molecular flexibility index (Phi) is 5.54. The third-order valence-electron chi connectivity index (χ3n) is 5.79. The second-order valence-electron chi connectivity index (χ2n) is 7.96. The molecule has 1 aliphatic heterocycles. The summed E-state index contributed by atoms with van der Waals surface area (Å²) in [6, 6.07) is 16.1. The first-order valence-electron chi connectivity index (χ1n) is 10.7. The molecule has 1 amide bonds. The number of hydrogen-bond donors (Lipinski definition) is 0. The van der Waals surface area contributed by atoms with Gasteiger partial charge in [0.05, 0.1) is 6.20 Å². The largest absolute Gasteiger partial charge is 0.488 e. The van der Waals surface area contributed by atoms with Gasteiger partial charge in [-0.05, 0) is 29.8 Å². The number of carbonyl (C=O) groups excluding carboxylic acids is 1. The van der Waals surface area contributed by atoms with E-state index in [1.165, 1.54) is 12.1 Å². The SMILES string of the molecule is O=C(Cn1cc(-c2ccc(F)cc2)cn1)N1CCC(Oc2cccc3cccnc23)CC1. The molecule has 1 saturated heterocycles. The molecule has 2 aromatic heterocycles. The van der Waals surface area contributed by atoms with Gasteiger partial charge >= 0.3 is 0 Å². The molecule has 3 heterocycles. The summed E-state index contributed by atoms with van der Waals surface area (Å²) in [4.78, 5) is 19.1. The molecule has 0 unspecified atom stereocenters. The van der Waals surface area contributed by atoms with Crippen molar-refractivity contribution in [3.05, 3.63) is 79.0 Å². The predicted octanol–water partition coefficient (Wildman–Crippen LogP) is 4.31. The van der Waals surface area contributed by atoms with E-state index in [0.717, 1.165) is 40.6 Å². The Hall–Kier alpha value is -3.74. The molecule has 0 saturated carbocycles. The van der Waals surface area contributed by atoms with Crippen LogP contribution in [0.3, 0.4) is 0 Å². The number of aromatic nitrogens is 3. The Balaban J connectivity index is 1.17. The zero-order valence-electron chi connectivity index (χ0n) is 17.5. The predicted molar refractivity (Wildman–Crippen MR) is 120 cm³/mol. The molecule has 32 heavy (non-hydrogen) atoms. The summed E-state index contributed by atoms with van der Waals surface area (Å²) >= 11 is 0. The van der Waals surface area contributed by atoms with E-state index >= 15 is 0 Å². The van der Waals surface area contributed by atoms with Gasteiger partial charge in [0, 0.05) is 49.3 Å². The molecular formula is C25H23FN4O2. The maximum Gasteiger partial charge on any atom is 0.244 e. The topological polar surface area (TPSA) is 60.2 Å². The number of halogens is 1. The van der Waals surface area contributed by atoms with Crippen molar-refractivity contribution in [3.8, 4) is 16.9 Å². The second-order valence-corrected chi connectivity index (χ2v) is 7.96.